The number of nitrogens with zero attached hydrogens (tertiary/aromatic N) is 1. The molecule has 7 aromatic carbocycles. The summed E-state index contributed by atoms with van der Waals surface area (Å²) in [5.74, 6) is -20.7. The van der Waals surface area contributed by atoms with Crippen LogP contribution in [0.4, 0.5) is 5.69 Å². The van der Waals surface area contributed by atoms with Crippen molar-refractivity contribution in [1.82, 2.24) is 0 Å². The lowest BCUT2D eigenvalue weighted by atomic mass is 9.70. The molecule has 550 valence electrons. The summed E-state index contributed by atoms with van der Waals surface area (Å²) in [5, 5.41) is 233. The lowest BCUT2D eigenvalue weighted by molar-refractivity contribution is -0.118. The van der Waals surface area contributed by atoms with Crippen LogP contribution in [0.1, 0.15) is 147 Å². The van der Waals surface area contributed by atoms with Crippen LogP contribution in [0.3, 0.4) is 0 Å². The Balaban J connectivity index is 0.997. The van der Waals surface area contributed by atoms with Crippen LogP contribution in [0, 0.1) is 24.7 Å². The van der Waals surface area contributed by atoms with E-state index in [0.717, 1.165) is 60.7 Å². The van der Waals surface area contributed by atoms with Gasteiger partial charge in [0.1, 0.15) is 129 Å². The first-order chi connectivity index (χ1) is 50.4. The van der Waals surface area contributed by atoms with Gasteiger partial charge in [-0.25, -0.2) is 0 Å². The van der Waals surface area contributed by atoms with Crippen LogP contribution >= 0.6 is 0 Å². The van der Waals surface area contributed by atoms with Crippen LogP contribution in [0.25, 0.3) is 0 Å². The fourth-order valence-electron chi connectivity index (χ4n) is 16.5. The van der Waals surface area contributed by atoms with Gasteiger partial charge in [-0.1, -0.05) is 43.3 Å². The summed E-state index contributed by atoms with van der Waals surface area (Å²) in [5.41, 5.74) is -3.30. The number of fused-ring (bicyclic) bond motifs is 4. The van der Waals surface area contributed by atoms with Gasteiger partial charge in [0.25, 0.3) is 0 Å². The highest BCUT2D eigenvalue weighted by Crippen LogP contribution is 2.65. The number of allylic oxidation sites excluding steroid dienone is 5. The van der Waals surface area contributed by atoms with Crippen LogP contribution in [0.15, 0.2) is 142 Å². The minimum Gasteiger partial charge on any atom is -0.512 e. The molecule has 7 aromatic rings. The minimum atomic E-state index is -2.13. The molecule has 0 bridgehead atoms. The standard InChI is InChI=1S/C78H71NO27/c1-26-4-6-30(15-39(26)83)71-67(98)63(55-46(90)20-34(80)21-53(55)102-71)59-49(93)25-51(95)61-65(69(100)72(105-78(59)61)31-7-5-27(2)40(84)16-31)60-50(94)24-48(92)58-62(66(97)73(106-77(58)60)32-8-11-36(79-101)42(86)17-32)54-28(3)14-45(89)57-64(68(99)74(104-76(54)57)33-10-13-38(82)44(88)19-33)56-47(91)23-41(85)35-22-52(96)70(103-75(35)56)29-9-12-37(81)43(87)18-29/h4,6-12,14-15,17-19,21,23-25,27,40,52,62-74,80-81,83-89,91-100H,5,13,16,20,22H2,1-3H3/t27?,40?,52?,62?,63?,64?,65?,66-,67?,68-,69?,70?,71?,72?,73-,74?/m0/s1. The highest BCUT2D eigenvalue weighted by atomic mass is 16.5. The van der Waals surface area contributed by atoms with Crippen molar-refractivity contribution in [3.63, 3.8) is 0 Å². The van der Waals surface area contributed by atoms with Gasteiger partial charge in [0, 0.05) is 87.2 Å². The predicted octanol–water partition coefficient (Wildman–Crippen LogP) is 8.58. The first-order valence-corrected chi connectivity index (χ1v) is 33.9. The third-order valence-corrected chi connectivity index (χ3v) is 21.8. The van der Waals surface area contributed by atoms with E-state index < -0.39 is 247 Å². The van der Waals surface area contributed by atoms with Crippen LogP contribution in [0.5, 0.6) is 86.2 Å². The smallest absolute Gasteiger partial charge is 0.200 e. The Kier molecular flexibility index (Phi) is 17.1. The maximum atomic E-state index is 14.5. The van der Waals surface area contributed by atoms with E-state index in [1.807, 2.05) is 0 Å². The Morgan fingerprint density at radius 2 is 0.906 bits per heavy atom. The Morgan fingerprint density at radius 3 is 1.51 bits per heavy atom. The topological polar surface area (TPSA) is 494 Å². The van der Waals surface area contributed by atoms with E-state index in [4.69, 9.17) is 23.7 Å². The monoisotopic (exact) mass is 1450 g/mol. The third-order valence-electron chi connectivity index (χ3n) is 21.8. The summed E-state index contributed by atoms with van der Waals surface area (Å²) in [4.78, 5) is 39.6. The number of phenolic OH excluding ortho intramolecular Hbond substituents is 11. The summed E-state index contributed by atoms with van der Waals surface area (Å²) in [6.07, 6.45) is -15.5. The molecule has 0 spiro atoms. The SMILES string of the molecule is Cc1ccc(C2OC3=C(C(=O)CC(O)=C3)C(c3c(O)cc(O)c4c3OC(C3=CCC(C)C(O)C3)C(O)C4c3c(O)cc(O)c4c3O[C@@H](c3ccc(N=O)c(O)c3)[C@@H](O)C4c3c(C)cc(O)c4c3OC(C3=CCC(=O)C(O)=C3)[C@@H](O)C4c3c(O)cc(O)c4c3OC(c3ccc(O)c(O)c3)C(O)C4)C2O)cc1O. The van der Waals surface area contributed by atoms with Crippen LogP contribution < -0.4 is 18.9 Å². The lowest BCUT2D eigenvalue weighted by Crippen LogP contribution is -2.46. The van der Waals surface area contributed by atoms with Crippen molar-refractivity contribution >= 4 is 17.3 Å². The molecule has 0 aromatic heterocycles. The zero-order valence-electron chi connectivity index (χ0n) is 56.3. The molecule has 13 unspecified atom stereocenters. The van der Waals surface area contributed by atoms with Gasteiger partial charge in [0.2, 0.25) is 5.78 Å². The second kappa shape index (κ2) is 25.9. The first kappa shape index (κ1) is 70.0. The molecule has 28 nitrogen and oxygen atoms in total. The zero-order valence-corrected chi connectivity index (χ0v) is 56.3. The number of hydrogen-bond donors (Lipinski definition) is 19. The number of aliphatic hydroxyl groups is 8. The Labute approximate surface area is 600 Å². The number of ether oxygens (including phenoxy) is 5. The van der Waals surface area contributed by atoms with E-state index in [1.54, 1.807) is 19.9 Å². The van der Waals surface area contributed by atoms with Gasteiger partial charge in [-0.05, 0) is 119 Å². The van der Waals surface area contributed by atoms with Crippen LogP contribution in [-0.4, -0.2) is 157 Å². The molecular formula is C78H71NO27. The summed E-state index contributed by atoms with van der Waals surface area (Å²) in [7, 11) is 0. The minimum absolute atomic E-state index is 0.0116. The molecule has 0 amide bonds. The molecular weight excluding hydrogens is 1380 g/mol. The number of aryl methyl sites for hydroxylation is 2. The van der Waals surface area contributed by atoms with E-state index in [0.29, 0.717) is 5.56 Å². The predicted molar refractivity (Wildman–Crippen MR) is 368 cm³/mol. The van der Waals surface area contributed by atoms with Crippen molar-refractivity contribution < 1.29 is 130 Å². The largest absolute Gasteiger partial charge is 0.512 e. The van der Waals surface area contributed by atoms with Gasteiger partial charge >= 0.3 is 0 Å². The van der Waals surface area contributed by atoms with Gasteiger partial charge in [-0.2, -0.15) is 0 Å². The highest BCUT2D eigenvalue weighted by Gasteiger charge is 2.56. The molecule has 0 saturated carbocycles. The number of nitroso groups, excluding NO2 is 1. The van der Waals surface area contributed by atoms with Gasteiger partial charge in [0.05, 0.1) is 42.3 Å². The molecule has 5 aliphatic heterocycles. The number of Topliss-reactive ketones (excluding diaryl/α,β-unsaturated/α-hetero) is 2. The number of carbonyl (C=O) groups excluding carboxylic acids is 2. The van der Waals surface area contributed by atoms with Crippen LogP contribution in [-0.2, 0) is 20.7 Å². The molecule has 19 N–H and O–H groups in total. The van der Waals surface area contributed by atoms with E-state index in [-0.39, 0.29) is 86.1 Å². The van der Waals surface area contributed by atoms with E-state index in [1.165, 1.54) is 43.3 Å². The van der Waals surface area contributed by atoms with Crippen molar-refractivity contribution in [2.24, 2.45) is 11.1 Å². The number of ketones is 2. The molecule has 15 rings (SSSR count). The summed E-state index contributed by atoms with van der Waals surface area (Å²) >= 11 is 0. The molecule has 16 atom stereocenters. The van der Waals surface area contributed by atoms with Gasteiger partial charge in [-0.3, -0.25) is 9.59 Å². The van der Waals surface area contributed by atoms with E-state index in [2.05, 4.69) is 5.18 Å². The van der Waals surface area contributed by atoms with Gasteiger partial charge in [0.15, 0.2) is 41.4 Å². The van der Waals surface area contributed by atoms with Crippen molar-refractivity contribution in [3.8, 4) is 86.2 Å². The average molecular weight is 1450 g/mol. The van der Waals surface area contributed by atoms with Crippen molar-refractivity contribution in [2.75, 3.05) is 0 Å². The van der Waals surface area contributed by atoms with Crippen molar-refractivity contribution in [3.05, 3.63) is 214 Å². The number of aliphatic hydroxyl groups excluding tert-OH is 8. The Hall–Kier alpha value is -11.7. The second-order valence-corrected chi connectivity index (χ2v) is 28.3. The van der Waals surface area contributed by atoms with Gasteiger partial charge < -0.3 is 121 Å². The number of carbonyl (C=O) groups is 2. The maximum Gasteiger partial charge on any atom is 0.200 e. The number of rotatable bonds is 10. The molecule has 0 fully saturated rings. The first-order valence-electron chi connectivity index (χ1n) is 33.9. The number of phenols is 11. The summed E-state index contributed by atoms with van der Waals surface area (Å²) in [6.45, 7) is 4.81. The number of aromatic hydroxyl groups is 11. The second-order valence-electron chi connectivity index (χ2n) is 28.3. The Morgan fingerprint density at radius 1 is 0.415 bits per heavy atom. The highest BCUT2D eigenvalue weighted by molar-refractivity contribution is 6.01. The van der Waals surface area contributed by atoms with E-state index in [9.17, 15) is 112 Å². The quantitative estimate of drug-likeness (QED) is 0.0346. The third kappa shape index (κ3) is 11.1. The molecule has 3 aliphatic carbocycles. The van der Waals surface area contributed by atoms with Crippen LogP contribution in [0.2, 0.25) is 0 Å². The molecule has 106 heavy (non-hydrogen) atoms. The van der Waals surface area contributed by atoms with Gasteiger partial charge in [-0.15, -0.1) is 4.91 Å². The lowest BCUT2D eigenvalue weighted by Gasteiger charge is -2.46. The summed E-state index contributed by atoms with van der Waals surface area (Å²) < 4.78 is 33.6. The van der Waals surface area contributed by atoms with Crippen molar-refractivity contribution in [1.29, 1.82) is 0 Å². The molecule has 5 heterocycles. The fourth-order valence-corrected chi connectivity index (χ4v) is 16.5. The molecule has 0 saturated heterocycles. The normalized spacial score (nSPS) is 28.0. The number of benzene rings is 7. The van der Waals surface area contributed by atoms with Crippen molar-refractivity contribution in [2.45, 2.75) is 144 Å². The molecule has 8 aliphatic rings. The molecule has 0 radical (unpaired) electrons. The number of hydrogen-bond acceptors (Lipinski definition) is 28. The van der Waals surface area contributed by atoms with E-state index >= 15 is 0 Å². The summed E-state index contributed by atoms with van der Waals surface area (Å²) in [6, 6.07) is 14.9. The fraction of sp³-hybridized carbons (Fsp3) is 0.308. The Bertz CT molecular complexity index is 5110. The maximum absolute atomic E-state index is 14.5. The average Bonchev–Trinajstić information content (AvgIpc) is 0.705. The molecule has 28 heteroatoms. The zero-order chi connectivity index (χ0) is 75.4.